The summed E-state index contributed by atoms with van der Waals surface area (Å²) < 4.78 is 0. The monoisotopic (exact) mass is 430 g/mol. The van der Waals surface area contributed by atoms with Gasteiger partial charge in [0.15, 0.2) is 0 Å². The molecule has 1 atom stereocenters. The van der Waals surface area contributed by atoms with Crippen molar-refractivity contribution in [3.05, 3.63) is 95.1 Å². The number of carbonyl (C=O) groups excluding carboxylic acids is 2. The van der Waals surface area contributed by atoms with Crippen molar-refractivity contribution in [1.29, 1.82) is 0 Å². The van der Waals surface area contributed by atoms with Crippen LogP contribution in [0.3, 0.4) is 0 Å². The highest BCUT2D eigenvalue weighted by atomic mass is 32.2. The number of anilines is 2. The predicted octanol–water partition coefficient (Wildman–Crippen LogP) is 5.84. The van der Waals surface area contributed by atoms with Gasteiger partial charge in [-0.2, -0.15) is 0 Å². The molecule has 0 aliphatic carbocycles. The summed E-state index contributed by atoms with van der Waals surface area (Å²) in [7, 11) is 0. The third-order valence-corrected chi connectivity index (χ3v) is 6.78. The lowest BCUT2D eigenvalue weighted by atomic mass is 10.1. The third kappa shape index (κ3) is 4.67. The van der Waals surface area contributed by atoms with Gasteiger partial charge in [0.2, 0.25) is 5.91 Å². The maximum absolute atomic E-state index is 12.6. The van der Waals surface area contributed by atoms with Gasteiger partial charge in [0.1, 0.15) is 5.37 Å². The van der Waals surface area contributed by atoms with E-state index in [4.69, 9.17) is 0 Å². The Morgan fingerprint density at radius 2 is 1.48 bits per heavy atom. The SMILES string of the molecule is CCc1ccc(C(=O)Nc2ccc(C3SCC(=O)N3c3ccc(CC)cc3)cc2)cc1. The highest BCUT2D eigenvalue weighted by Gasteiger charge is 2.33. The molecule has 5 heteroatoms. The molecule has 0 aromatic heterocycles. The number of hydrogen-bond acceptors (Lipinski definition) is 3. The molecular weight excluding hydrogens is 404 g/mol. The van der Waals surface area contributed by atoms with E-state index in [2.05, 4.69) is 31.3 Å². The van der Waals surface area contributed by atoms with E-state index in [0.717, 1.165) is 29.8 Å². The molecule has 0 saturated carbocycles. The van der Waals surface area contributed by atoms with Crippen molar-refractivity contribution >= 4 is 35.0 Å². The fraction of sp³-hybridized carbons (Fsp3) is 0.231. The van der Waals surface area contributed by atoms with Crippen LogP contribution in [0.4, 0.5) is 11.4 Å². The Balaban J connectivity index is 1.48. The second kappa shape index (κ2) is 9.40. The molecule has 1 saturated heterocycles. The molecule has 0 spiro atoms. The van der Waals surface area contributed by atoms with E-state index in [1.54, 1.807) is 11.8 Å². The van der Waals surface area contributed by atoms with Crippen LogP contribution in [-0.2, 0) is 17.6 Å². The zero-order chi connectivity index (χ0) is 21.8. The van der Waals surface area contributed by atoms with Crippen LogP contribution in [0.15, 0.2) is 72.8 Å². The van der Waals surface area contributed by atoms with Crippen LogP contribution in [0.5, 0.6) is 0 Å². The summed E-state index contributed by atoms with van der Waals surface area (Å²) in [5, 5.41) is 2.89. The Morgan fingerprint density at radius 1 is 0.903 bits per heavy atom. The Labute approximate surface area is 187 Å². The zero-order valence-electron chi connectivity index (χ0n) is 17.8. The normalized spacial score (nSPS) is 15.9. The standard InChI is InChI=1S/C26H26N2O2S/c1-3-18-5-9-20(10-6-18)25(30)27-22-13-11-21(12-14-22)26-28(24(29)17-31-26)23-15-7-19(4-2)8-16-23/h5-16,26H,3-4,17H2,1-2H3,(H,27,30). The molecular formula is C26H26N2O2S. The van der Waals surface area contributed by atoms with Crippen LogP contribution in [0, 0.1) is 0 Å². The van der Waals surface area contributed by atoms with Crippen LogP contribution in [0.25, 0.3) is 0 Å². The minimum absolute atomic E-state index is 0.0636. The number of hydrogen-bond donors (Lipinski definition) is 1. The molecule has 3 aromatic carbocycles. The van der Waals surface area contributed by atoms with Crippen molar-refractivity contribution in [3.8, 4) is 0 Å². The number of aryl methyl sites for hydroxylation is 2. The molecule has 4 rings (SSSR count). The second-order valence-electron chi connectivity index (χ2n) is 7.57. The van der Waals surface area contributed by atoms with Gasteiger partial charge in [-0.15, -0.1) is 11.8 Å². The highest BCUT2D eigenvalue weighted by Crippen LogP contribution is 2.42. The first kappa shape index (κ1) is 21.2. The Hall–Kier alpha value is -3.05. The number of benzene rings is 3. The van der Waals surface area contributed by atoms with Crippen molar-refractivity contribution in [3.63, 3.8) is 0 Å². The highest BCUT2D eigenvalue weighted by molar-refractivity contribution is 8.00. The van der Waals surface area contributed by atoms with Crippen LogP contribution in [0.2, 0.25) is 0 Å². The molecule has 1 N–H and O–H groups in total. The van der Waals surface area contributed by atoms with Gasteiger partial charge in [-0.1, -0.05) is 50.2 Å². The molecule has 1 aliphatic rings. The molecule has 1 unspecified atom stereocenters. The van der Waals surface area contributed by atoms with Crippen LogP contribution < -0.4 is 10.2 Å². The van der Waals surface area contributed by atoms with Gasteiger partial charge in [-0.25, -0.2) is 0 Å². The van der Waals surface area contributed by atoms with E-state index >= 15 is 0 Å². The van der Waals surface area contributed by atoms with Gasteiger partial charge in [0, 0.05) is 16.9 Å². The smallest absolute Gasteiger partial charge is 0.255 e. The van der Waals surface area contributed by atoms with Crippen molar-refractivity contribution < 1.29 is 9.59 Å². The molecule has 1 heterocycles. The predicted molar refractivity (Wildman–Crippen MR) is 129 cm³/mol. The summed E-state index contributed by atoms with van der Waals surface area (Å²) in [5.41, 5.74) is 5.80. The fourth-order valence-electron chi connectivity index (χ4n) is 3.67. The van der Waals surface area contributed by atoms with E-state index in [0.29, 0.717) is 11.3 Å². The minimum Gasteiger partial charge on any atom is -0.322 e. The summed E-state index contributed by atoms with van der Waals surface area (Å²) in [5.74, 6) is 0.456. The van der Waals surface area contributed by atoms with E-state index < -0.39 is 0 Å². The third-order valence-electron chi connectivity index (χ3n) is 5.57. The molecule has 4 nitrogen and oxygen atoms in total. The first-order chi connectivity index (χ1) is 15.1. The number of nitrogens with zero attached hydrogens (tertiary/aromatic N) is 1. The topological polar surface area (TPSA) is 49.4 Å². The lowest BCUT2D eigenvalue weighted by Crippen LogP contribution is -2.27. The summed E-state index contributed by atoms with van der Waals surface area (Å²) >= 11 is 1.63. The molecule has 31 heavy (non-hydrogen) atoms. The van der Waals surface area contributed by atoms with Crippen LogP contribution in [0.1, 0.15) is 46.3 Å². The van der Waals surface area contributed by atoms with Crippen molar-refractivity contribution in [2.45, 2.75) is 32.1 Å². The van der Waals surface area contributed by atoms with Crippen molar-refractivity contribution in [2.24, 2.45) is 0 Å². The maximum atomic E-state index is 12.6. The first-order valence-corrected chi connectivity index (χ1v) is 11.7. The Morgan fingerprint density at radius 3 is 2.06 bits per heavy atom. The number of carbonyl (C=O) groups is 2. The van der Waals surface area contributed by atoms with E-state index in [-0.39, 0.29) is 17.2 Å². The average Bonchev–Trinajstić information content (AvgIpc) is 3.21. The summed E-state index contributed by atoms with van der Waals surface area (Å²) in [6.45, 7) is 4.21. The van der Waals surface area contributed by atoms with Crippen molar-refractivity contribution in [2.75, 3.05) is 16.0 Å². The van der Waals surface area contributed by atoms with E-state index in [9.17, 15) is 9.59 Å². The summed E-state index contributed by atoms with van der Waals surface area (Å²) in [6, 6.07) is 23.6. The largest absolute Gasteiger partial charge is 0.322 e. The van der Waals surface area contributed by atoms with Gasteiger partial charge in [0.05, 0.1) is 5.75 Å². The zero-order valence-corrected chi connectivity index (χ0v) is 18.6. The van der Waals surface area contributed by atoms with E-state index in [1.807, 2.05) is 65.6 Å². The molecule has 2 amide bonds. The van der Waals surface area contributed by atoms with Gasteiger partial charge in [0.25, 0.3) is 5.91 Å². The average molecular weight is 431 g/mol. The fourth-order valence-corrected chi connectivity index (χ4v) is 4.85. The number of rotatable bonds is 6. The molecule has 1 fully saturated rings. The maximum Gasteiger partial charge on any atom is 0.255 e. The Bertz CT molecular complexity index is 1060. The second-order valence-corrected chi connectivity index (χ2v) is 8.64. The molecule has 1 aliphatic heterocycles. The molecule has 0 bridgehead atoms. The molecule has 0 radical (unpaired) electrons. The lowest BCUT2D eigenvalue weighted by Gasteiger charge is -2.24. The van der Waals surface area contributed by atoms with Crippen molar-refractivity contribution in [1.82, 2.24) is 0 Å². The van der Waals surface area contributed by atoms with Gasteiger partial charge >= 0.3 is 0 Å². The number of nitrogens with one attached hydrogen (secondary N) is 1. The minimum atomic E-state index is -0.126. The number of amides is 2. The van der Waals surface area contributed by atoms with Gasteiger partial charge < -0.3 is 5.32 Å². The van der Waals surface area contributed by atoms with Gasteiger partial charge in [-0.3, -0.25) is 14.5 Å². The lowest BCUT2D eigenvalue weighted by molar-refractivity contribution is -0.115. The van der Waals surface area contributed by atoms with E-state index in [1.165, 1.54) is 11.1 Å². The van der Waals surface area contributed by atoms with Crippen LogP contribution in [-0.4, -0.2) is 17.6 Å². The number of thioether (sulfide) groups is 1. The molecule has 158 valence electrons. The molecule has 3 aromatic rings. The van der Waals surface area contributed by atoms with Gasteiger partial charge in [-0.05, 0) is 65.9 Å². The quantitative estimate of drug-likeness (QED) is 0.534. The summed E-state index contributed by atoms with van der Waals surface area (Å²) in [6.07, 6.45) is 1.92. The first-order valence-electron chi connectivity index (χ1n) is 10.6. The Kier molecular flexibility index (Phi) is 6.42. The summed E-state index contributed by atoms with van der Waals surface area (Å²) in [4.78, 5) is 27.0. The van der Waals surface area contributed by atoms with Crippen LogP contribution >= 0.6 is 11.8 Å².